The van der Waals surface area contributed by atoms with Crippen LogP contribution >= 0.6 is 0 Å². The predicted molar refractivity (Wildman–Crippen MR) is 105 cm³/mol. The molecule has 27 heavy (non-hydrogen) atoms. The number of carbonyl (C=O) groups is 2. The number of amides is 1. The van der Waals surface area contributed by atoms with E-state index in [2.05, 4.69) is 5.32 Å². The molecule has 0 saturated heterocycles. The zero-order valence-electron chi connectivity index (χ0n) is 16.0. The van der Waals surface area contributed by atoms with Gasteiger partial charge < -0.3 is 14.5 Å². The van der Waals surface area contributed by atoms with Crippen LogP contribution in [0.15, 0.2) is 47.1 Å². The van der Waals surface area contributed by atoms with Crippen molar-refractivity contribution in [3.05, 3.63) is 64.9 Å². The summed E-state index contributed by atoms with van der Waals surface area (Å²) < 4.78 is 10.9. The molecule has 0 saturated carbocycles. The van der Waals surface area contributed by atoms with Crippen molar-refractivity contribution < 1.29 is 18.7 Å². The molecule has 1 amide bonds. The number of rotatable bonds is 5. The van der Waals surface area contributed by atoms with Gasteiger partial charge in [-0.15, -0.1) is 0 Å². The largest absolute Gasteiger partial charge is 0.464 e. The Labute approximate surface area is 158 Å². The summed E-state index contributed by atoms with van der Waals surface area (Å²) in [7, 11) is 0. The fourth-order valence-electron chi connectivity index (χ4n) is 2.94. The van der Waals surface area contributed by atoms with Crippen molar-refractivity contribution in [2.24, 2.45) is 0 Å². The number of benzene rings is 2. The molecule has 1 atom stereocenters. The molecule has 0 unspecified atom stereocenters. The van der Waals surface area contributed by atoms with Gasteiger partial charge in [0.25, 0.3) is 5.91 Å². The Morgan fingerprint density at radius 1 is 1.15 bits per heavy atom. The summed E-state index contributed by atoms with van der Waals surface area (Å²) in [4.78, 5) is 24.5. The van der Waals surface area contributed by atoms with E-state index in [1.54, 1.807) is 19.3 Å². The quantitative estimate of drug-likeness (QED) is 0.677. The van der Waals surface area contributed by atoms with E-state index in [1.165, 1.54) is 0 Å². The molecular weight excluding hydrogens is 342 g/mol. The molecule has 3 aromatic rings. The highest BCUT2D eigenvalue weighted by Gasteiger charge is 2.20. The highest BCUT2D eigenvalue weighted by Crippen LogP contribution is 2.27. The van der Waals surface area contributed by atoms with Gasteiger partial charge in [-0.25, -0.2) is 0 Å². The van der Waals surface area contributed by atoms with Crippen molar-refractivity contribution in [1.29, 1.82) is 0 Å². The van der Waals surface area contributed by atoms with Crippen molar-refractivity contribution in [3.8, 4) is 0 Å². The maximum atomic E-state index is 12.3. The molecule has 0 aliphatic carbocycles. The van der Waals surface area contributed by atoms with Crippen LogP contribution in [0.4, 0.5) is 5.69 Å². The summed E-state index contributed by atoms with van der Waals surface area (Å²) >= 11 is 0. The zero-order chi connectivity index (χ0) is 19.6. The lowest BCUT2D eigenvalue weighted by molar-refractivity contribution is -0.152. The first-order chi connectivity index (χ1) is 12.8. The second-order valence-electron chi connectivity index (χ2n) is 6.81. The monoisotopic (exact) mass is 365 g/mol. The Bertz CT molecular complexity index is 1000. The average molecular weight is 365 g/mol. The van der Waals surface area contributed by atoms with Gasteiger partial charge in [0, 0.05) is 16.6 Å². The number of nitrogens with one attached hydrogen (secondary N) is 1. The number of carbonyl (C=O) groups excluding carboxylic acids is 2. The maximum Gasteiger partial charge on any atom is 0.311 e. The van der Waals surface area contributed by atoms with Gasteiger partial charge >= 0.3 is 5.97 Å². The topological polar surface area (TPSA) is 68.5 Å². The molecule has 0 radical (unpaired) electrons. The second kappa shape index (κ2) is 7.66. The van der Waals surface area contributed by atoms with E-state index in [0.29, 0.717) is 5.69 Å². The van der Waals surface area contributed by atoms with E-state index >= 15 is 0 Å². The Hall–Kier alpha value is -3.08. The van der Waals surface area contributed by atoms with Crippen LogP contribution in [-0.4, -0.2) is 18.0 Å². The lowest BCUT2D eigenvalue weighted by Crippen LogP contribution is -2.30. The number of aryl methyl sites for hydroxylation is 3. The zero-order valence-corrected chi connectivity index (χ0v) is 16.0. The van der Waals surface area contributed by atoms with Gasteiger partial charge in [0.2, 0.25) is 0 Å². The van der Waals surface area contributed by atoms with Crippen molar-refractivity contribution in [2.75, 3.05) is 5.32 Å². The smallest absolute Gasteiger partial charge is 0.311 e. The third kappa shape index (κ3) is 4.19. The van der Waals surface area contributed by atoms with Gasteiger partial charge in [-0.2, -0.15) is 0 Å². The minimum Gasteiger partial charge on any atom is -0.464 e. The first-order valence-electron chi connectivity index (χ1n) is 8.88. The van der Waals surface area contributed by atoms with Gasteiger partial charge in [0.15, 0.2) is 6.10 Å². The van der Waals surface area contributed by atoms with Gasteiger partial charge in [0.1, 0.15) is 5.58 Å². The predicted octanol–water partition coefficient (Wildman–Crippen LogP) is 4.47. The Kier molecular flexibility index (Phi) is 5.31. The molecule has 5 heteroatoms. The first-order valence-corrected chi connectivity index (χ1v) is 8.88. The van der Waals surface area contributed by atoms with E-state index in [-0.39, 0.29) is 12.3 Å². The number of hydrogen-bond donors (Lipinski definition) is 1. The third-order valence-electron chi connectivity index (χ3n) is 4.64. The number of hydrogen-bond acceptors (Lipinski definition) is 4. The van der Waals surface area contributed by atoms with Crippen LogP contribution in [0, 0.1) is 20.8 Å². The van der Waals surface area contributed by atoms with Crippen LogP contribution in [0.3, 0.4) is 0 Å². The molecule has 0 aliphatic heterocycles. The number of fused-ring (bicyclic) bond motifs is 1. The Morgan fingerprint density at radius 3 is 2.67 bits per heavy atom. The van der Waals surface area contributed by atoms with Crippen LogP contribution in [0.1, 0.15) is 29.2 Å². The van der Waals surface area contributed by atoms with Gasteiger partial charge in [-0.3, -0.25) is 9.59 Å². The molecule has 1 N–H and O–H groups in total. The standard InChI is InChI=1S/C22H23NO4/c1-13-6-5-7-18(10-13)23-22(25)16(4)27-20(24)11-17-12-26-21-15(3)14(2)8-9-19(17)21/h5-10,12,16H,11H2,1-4H3,(H,23,25)/t16-/m1/s1. The number of anilines is 1. The SMILES string of the molecule is Cc1cccc(NC(=O)[C@@H](C)OC(=O)Cc2coc3c(C)c(C)ccc23)c1. The fourth-order valence-corrected chi connectivity index (χ4v) is 2.94. The minimum atomic E-state index is -0.889. The molecule has 1 heterocycles. The van der Waals surface area contributed by atoms with Crippen LogP contribution in [0.2, 0.25) is 0 Å². The number of furan rings is 1. The highest BCUT2D eigenvalue weighted by atomic mass is 16.5. The van der Waals surface area contributed by atoms with Crippen molar-refractivity contribution in [1.82, 2.24) is 0 Å². The summed E-state index contributed by atoms with van der Waals surface area (Å²) in [5.74, 6) is -0.833. The van der Waals surface area contributed by atoms with Gasteiger partial charge in [-0.1, -0.05) is 24.3 Å². The average Bonchev–Trinajstić information content (AvgIpc) is 3.01. The molecule has 0 aliphatic rings. The van der Waals surface area contributed by atoms with E-state index in [9.17, 15) is 9.59 Å². The summed E-state index contributed by atoms with van der Waals surface area (Å²) in [6.07, 6.45) is 0.744. The molecular formula is C22H23NO4. The maximum absolute atomic E-state index is 12.3. The summed E-state index contributed by atoms with van der Waals surface area (Å²) in [6, 6.07) is 11.4. The molecule has 3 rings (SSSR count). The second-order valence-corrected chi connectivity index (χ2v) is 6.81. The highest BCUT2D eigenvalue weighted by molar-refractivity contribution is 5.95. The van der Waals surface area contributed by atoms with E-state index in [4.69, 9.17) is 9.15 Å². The first kappa shape index (κ1) is 18.7. The summed E-state index contributed by atoms with van der Waals surface area (Å²) in [5, 5.41) is 3.65. The molecule has 0 bridgehead atoms. The minimum absolute atomic E-state index is 0.0531. The number of esters is 1. The molecule has 5 nitrogen and oxygen atoms in total. The lowest BCUT2D eigenvalue weighted by Gasteiger charge is -2.13. The van der Waals surface area contributed by atoms with E-state index in [0.717, 1.165) is 33.2 Å². The van der Waals surface area contributed by atoms with Crippen LogP contribution in [-0.2, 0) is 20.7 Å². The van der Waals surface area contributed by atoms with E-state index < -0.39 is 12.1 Å². The molecule has 0 fully saturated rings. The molecule has 140 valence electrons. The van der Waals surface area contributed by atoms with Gasteiger partial charge in [-0.05, 0) is 56.5 Å². The normalized spacial score (nSPS) is 12.0. The molecule has 1 aromatic heterocycles. The third-order valence-corrected chi connectivity index (χ3v) is 4.64. The molecule has 2 aromatic carbocycles. The van der Waals surface area contributed by atoms with Crippen molar-refractivity contribution in [2.45, 2.75) is 40.2 Å². The number of ether oxygens (including phenoxy) is 1. The Balaban J connectivity index is 1.63. The van der Waals surface area contributed by atoms with Crippen molar-refractivity contribution >= 4 is 28.5 Å². The fraction of sp³-hybridized carbons (Fsp3) is 0.273. The molecule has 0 spiro atoms. The van der Waals surface area contributed by atoms with Crippen LogP contribution in [0.25, 0.3) is 11.0 Å². The Morgan fingerprint density at radius 2 is 1.93 bits per heavy atom. The van der Waals surface area contributed by atoms with E-state index in [1.807, 2.05) is 51.1 Å². The van der Waals surface area contributed by atoms with Crippen LogP contribution in [0.5, 0.6) is 0 Å². The van der Waals surface area contributed by atoms with Gasteiger partial charge in [0.05, 0.1) is 12.7 Å². The summed E-state index contributed by atoms with van der Waals surface area (Å²) in [5.41, 5.74) is 5.43. The van der Waals surface area contributed by atoms with Crippen LogP contribution < -0.4 is 5.32 Å². The lowest BCUT2D eigenvalue weighted by atomic mass is 10.0. The van der Waals surface area contributed by atoms with Crippen molar-refractivity contribution in [3.63, 3.8) is 0 Å². The summed E-state index contributed by atoms with van der Waals surface area (Å²) in [6.45, 7) is 7.50.